The maximum Gasteiger partial charge on any atom is 0.253 e. The predicted molar refractivity (Wildman–Crippen MR) is 185 cm³/mol. The third-order valence-electron chi connectivity index (χ3n) is 9.21. The summed E-state index contributed by atoms with van der Waals surface area (Å²) in [6.45, 7) is 5.25. The standard InChI is InChI=1S/C36H34BrF2N7O3/c1-2-49-31-10-9-28(32(38)33(31)39)30-22-46(42-41-30)25-12-15-44(16-13-25)35(47)23-5-3-6-24(21-23)36(48)45-19-17-43(18-20-45)34-27-7-4-8-29(37)26(27)11-14-40-34/h3-11,14,21-22,25H,2,12-13,15-20H2,1H3. The van der Waals surface area contributed by atoms with E-state index in [-0.39, 0.29) is 41.5 Å². The SMILES string of the molecule is CCOc1ccc(-c2cn(C3CCN(C(=O)c4cccc(C(=O)N5CCN(c6nccc7c(Br)cccc67)CC5)c4)CC3)nn2)c(F)c1F. The summed E-state index contributed by atoms with van der Waals surface area (Å²) in [4.78, 5) is 37.5. The Morgan fingerprint density at radius 3 is 2.27 bits per heavy atom. The van der Waals surface area contributed by atoms with Crippen LogP contribution in [0, 0.1) is 11.6 Å². The minimum Gasteiger partial charge on any atom is -0.491 e. The van der Waals surface area contributed by atoms with E-state index < -0.39 is 11.6 Å². The van der Waals surface area contributed by atoms with Crippen LogP contribution in [-0.2, 0) is 0 Å². The summed E-state index contributed by atoms with van der Waals surface area (Å²) in [5.41, 5.74) is 1.17. The molecule has 0 saturated carbocycles. The Labute approximate surface area is 290 Å². The van der Waals surface area contributed by atoms with Gasteiger partial charge in [0, 0.05) is 77.4 Å². The maximum absolute atomic E-state index is 14.7. The highest BCUT2D eigenvalue weighted by Crippen LogP contribution is 2.32. The number of halogens is 3. The molecule has 0 aliphatic carbocycles. The van der Waals surface area contributed by atoms with E-state index in [9.17, 15) is 18.4 Å². The lowest BCUT2D eigenvalue weighted by molar-refractivity contribution is 0.0689. The third-order valence-corrected chi connectivity index (χ3v) is 9.91. The molecule has 252 valence electrons. The van der Waals surface area contributed by atoms with Crippen molar-refractivity contribution in [2.75, 3.05) is 50.8 Å². The summed E-state index contributed by atoms with van der Waals surface area (Å²) in [6.07, 6.45) is 4.64. The molecular weight excluding hydrogens is 696 g/mol. The van der Waals surface area contributed by atoms with Crippen molar-refractivity contribution in [3.8, 4) is 17.0 Å². The molecule has 2 aromatic heterocycles. The second-order valence-corrected chi connectivity index (χ2v) is 13.0. The molecule has 7 rings (SSSR count). The summed E-state index contributed by atoms with van der Waals surface area (Å²) in [6, 6.07) is 17.7. The molecular formula is C36H34BrF2N7O3. The molecule has 5 aromatic rings. The molecule has 0 atom stereocenters. The van der Waals surface area contributed by atoms with Crippen LogP contribution < -0.4 is 9.64 Å². The Bertz CT molecular complexity index is 2020. The van der Waals surface area contributed by atoms with Crippen LogP contribution >= 0.6 is 15.9 Å². The van der Waals surface area contributed by atoms with Gasteiger partial charge in [0.05, 0.1) is 18.8 Å². The van der Waals surface area contributed by atoms with Crippen molar-refractivity contribution in [1.29, 1.82) is 0 Å². The van der Waals surface area contributed by atoms with Gasteiger partial charge in [-0.15, -0.1) is 5.10 Å². The molecule has 2 saturated heterocycles. The summed E-state index contributed by atoms with van der Waals surface area (Å²) in [5.74, 6) is -1.58. The van der Waals surface area contributed by atoms with Gasteiger partial charge in [-0.2, -0.15) is 4.39 Å². The highest BCUT2D eigenvalue weighted by molar-refractivity contribution is 9.10. The first-order valence-corrected chi connectivity index (χ1v) is 17.1. The number of benzene rings is 3. The van der Waals surface area contributed by atoms with E-state index in [1.54, 1.807) is 47.0 Å². The van der Waals surface area contributed by atoms with Crippen molar-refractivity contribution in [3.63, 3.8) is 0 Å². The third kappa shape index (κ3) is 6.46. The molecule has 10 nitrogen and oxygen atoms in total. The molecule has 0 unspecified atom stereocenters. The number of piperazine rings is 1. The summed E-state index contributed by atoms with van der Waals surface area (Å²) in [7, 11) is 0. The van der Waals surface area contributed by atoms with Gasteiger partial charge >= 0.3 is 0 Å². The number of aromatic nitrogens is 4. The van der Waals surface area contributed by atoms with E-state index in [0.29, 0.717) is 63.2 Å². The zero-order chi connectivity index (χ0) is 34.1. The molecule has 13 heteroatoms. The number of piperidine rings is 1. The van der Waals surface area contributed by atoms with Gasteiger partial charge in [-0.3, -0.25) is 9.59 Å². The van der Waals surface area contributed by atoms with Crippen molar-refractivity contribution in [3.05, 3.63) is 100 Å². The predicted octanol–water partition coefficient (Wildman–Crippen LogP) is 6.37. The number of hydrogen-bond acceptors (Lipinski definition) is 7. The van der Waals surface area contributed by atoms with Gasteiger partial charge in [-0.1, -0.05) is 39.3 Å². The molecule has 3 aromatic carbocycles. The number of likely N-dealkylation sites (tertiary alicyclic amines) is 1. The van der Waals surface area contributed by atoms with Crippen molar-refractivity contribution >= 4 is 44.3 Å². The number of anilines is 1. The van der Waals surface area contributed by atoms with Crippen molar-refractivity contribution in [2.45, 2.75) is 25.8 Å². The van der Waals surface area contributed by atoms with Crippen LogP contribution in [0.5, 0.6) is 5.75 Å². The van der Waals surface area contributed by atoms with E-state index >= 15 is 0 Å². The van der Waals surface area contributed by atoms with Gasteiger partial charge in [0.2, 0.25) is 5.82 Å². The molecule has 2 fully saturated rings. The summed E-state index contributed by atoms with van der Waals surface area (Å²) < 4.78 is 37.0. The lowest BCUT2D eigenvalue weighted by Crippen LogP contribution is -2.49. The topological polar surface area (TPSA) is 96.7 Å². The number of rotatable bonds is 7. The van der Waals surface area contributed by atoms with E-state index in [0.717, 1.165) is 21.1 Å². The Hall–Kier alpha value is -4.91. The molecule has 49 heavy (non-hydrogen) atoms. The number of nitrogens with zero attached hydrogens (tertiary/aromatic N) is 7. The normalized spacial score (nSPS) is 15.6. The lowest BCUT2D eigenvalue weighted by atomic mass is 10.0. The maximum atomic E-state index is 14.7. The fraction of sp³-hybridized carbons (Fsp3) is 0.306. The Kier molecular flexibility index (Phi) is 9.26. The van der Waals surface area contributed by atoms with E-state index in [1.165, 1.54) is 12.1 Å². The molecule has 4 heterocycles. The second kappa shape index (κ2) is 13.9. The molecule has 0 radical (unpaired) electrons. The quantitative estimate of drug-likeness (QED) is 0.192. The van der Waals surface area contributed by atoms with E-state index in [1.807, 2.05) is 29.3 Å². The van der Waals surface area contributed by atoms with Crippen molar-refractivity contribution in [2.24, 2.45) is 0 Å². The Balaban J connectivity index is 0.958. The minimum absolute atomic E-state index is 0.00588. The zero-order valence-corrected chi connectivity index (χ0v) is 28.4. The van der Waals surface area contributed by atoms with Gasteiger partial charge in [0.15, 0.2) is 11.6 Å². The number of ether oxygens (including phenoxy) is 1. The number of amides is 2. The Morgan fingerprint density at radius 1 is 0.857 bits per heavy atom. The Morgan fingerprint density at radius 2 is 1.55 bits per heavy atom. The first-order valence-electron chi connectivity index (χ1n) is 16.3. The van der Waals surface area contributed by atoms with Crippen LogP contribution in [0.25, 0.3) is 22.0 Å². The average Bonchev–Trinajstić information content (AvgIpc) is 3.63. The van der Waals surface area contributed by atoms with Gasteiger partial charge in [-0.05, 0) is 62.2 Å². The smallest absolute Gasteiger partial charge is 0.253 e. The van der Waals surface area contributed by atoms with Gasteiger partial charge in [0.1, 0.15) is 11.5 Å². The van der Waals surface area contributed by atoms with Crippen LogP contribution in [-0.4, -0.2) is 87.5 Å². The molecule has 2 amide bonds. The number of hydrogen-bond donors (Lipinski definition) is 0. The fourth-order valence-corrected chi connectivity index (χ4v) is 7.08. The number of fused-ring (bicyclic) bond motifs is 1. The molecule has 2 aliphatic heterocycles. The highest BCUT2D eigenvalue weighted by Gasteiger charge is 2.28. The molecule has 0 spiro atoms. The van der Waals surface area contributed by atoms with Crippen LogP contribution in [0.3, 0.4) is 0 Å². The van der Waals surface area contributed by atoms with Crippen molar-refractivity contribution < 1.29 is 23.1 Å². The first-order chi connectivity index (χ1) is 23.8. The largest absolute Gasteiger partial charge is 0.491 e. The monoisotopic (exact) mass is 729 g/mol. The van der Waals surface area contributed by atoms with Crippen LogP contribution in [0.2, 0.25) is 0 Å². The molecule has 0 N–H and O–H groups in total. The average molecular weight is 731 g/mol. The molecule has 2 aliphatic rings. The van der Waals surface area contributed by atoms with Crippen LogP contribution in [0.4, 0.5) is 14.6 Å². The van der Waals surface area contributed by atoms with E-state index in [2.05, 4.69) is 42.2 Å². The zero-order valence-electron chi connectivity index (χ0n) is 26.9. The fourth-order valence-electron chi connectivity index (χ4n) is 6.59. The lowest BCUT2D eigenvalue weighted by Gasteiger charge is -2.36. The number of pyridine rings is 1. The number of carbonyl (C=O) groups excluding carboxylic acids is 2. The second-order valence-electron chi connectivity index (χ2n) is 12.1. The van der Waals surface area contributed by atoms with Gasteiger partial charge < -0.3 is 19.4 Å². The highest BCUT2D eigenvalue weighted by atomic mass is 79.9. The number of carbonyl (C=O) groups is 2. The summed E-state index contributed by atoms with van der Waals surface area (Å²) in [5, 5.41) is 10.4. The summed E-state index contributed by atoms with van der Waals surface area (Å²) >= 11 is 3.62. The van der Waals surface area contributed by atoms with Gasteiger partial charge in [-0.25, -0.2) is 14.1 Å². The minimum atomic E-state index is -1.06. The first kappa shape index (κ1) is 32.6. The van der Waals surface area contributed by atoms with Crippen LogP contribution in [0.15, 0.2) is 77.5 Å². The van der Waals surface area contributed by atoms with Gasteiger partial charge in [0.25, 0.3) is 11.8 Å². The van der Waals surface area contributed by atoms with Crippen molar-refractivity contribution in [1.82, 2.24) is 29.8 Å². The molecule has 0 bridgehead atoms. The van der Waals surface area contributed by atoms with Crippen LogP contribution in [0.1, 0.15) is 46.5 Å². The van der Waals surface area contributed by atoms with E-state index in [4.69, 9.17) is 4.74 Å².